The molecular weight excluding hydrogens is 388 g/mol. The molecule has 0 bridgehead atoms. The summed E-state index contributed by atoms with van der Waals surface area (Å²) >= 11 is 5.07. The maximum absolute atomic E-state index is 12.4. The number of carbonyl (C=O) groups excluding carboxylic acids is 1. The molecule has 1 aromatic carbocycles. The van der Waals surface area contributed by atoms with Gasteiger partial charge in [0.05, 0.1) is 9.30 Å². The number of nitrogens with two attached hydrogens (primary N) is 1. The van der Waals surface area contributed by atoms with Gasteiger partial charge in [0.2, 0.25) is 5.91 Å². The first-order valence-corrected chi connectivity index (χ1v) is 9.27. The van der Waals surface area contributed by atoms with E-state index in [0.29, 0.717) is 13.0 Å². The van der Waals surface area contributed by atoms with Gasteiger partial charge < -0.3 is 11.1 Å². The van der Waals surface area contributed by atoms with E-state index < -0.39 is 0 Å². The van der Waals surface area contributed by atoms with Gasteiger partial charge in [-0.1, -0.05) is 0 Å². The van der Waals surface area contributed by atoms with Crippen LogP contribution in [0.15, 0.2) is 34.1 Å². The molecule has 0 aliphatic carbocycles. The zero-order chi connectivity index (χ0) is 17.3. The lowest BCUT2D eigenvalue weighted by atomic mass is 10.0. The number of anilines is 1. The maximum Gasteiger partial charge on any atom is 0.225 e. The van der Waals surface area contributed by atoms with Crippen molar-refractivity contribution in [2.75, 3.05) is 11.9 Å². The van der Waals surface area contributed by atoms with E-state index in [1.165, 1.54) is 0 Å². The third kappa shape index (κ3) is 3.53. The van der Waals surface area contributed by atoms with E-state index in [4.69, 9.17) is 5.73 Å². The van der Waals surface area contributed by atoms with Gasteiger partial charge in [-0.25, -0.2) is 0 Å². The van der Waals surface area contributed by atoms with Crippen LogP contribution in [0.5, 0.6) is 0 Å². The second kappa shape index (κ2) is 7.04. The SMILES string of the molecule is Cc1c2ccc(NC(=O)CC(CN)c3ccc(Br)s3)cc2nn1C. The summed E-state index contributed by atoms with van der Waals surface area (Å²) in [6.45, 7) is 2.47. The topological polar surface area (TPSA) is 72.9 Å². The Labute approximate surface area is 153 Å². The Morgan fingerprint density at radius 1 is 1.42 bits per heavy atom. The third-order valence-electron chi connectivity index (χ3n) is 4.13. The fraction of sp³-hybridized carbons (Fsp3) is 0.294. The standard InChI is InChI=1S/C17H19BrN4OS/c1-10-13-4-3-12(8-14(13)21-22(10)2)20-17(23)7-11(9-19)15-5-6-16(18)24-15/h3-6,8,11H,7,9,19H2,1-2H3,(H,20,23). The van der Waals surface area contributed by atoms with Crippen molar-refractivity contribution in [1.29, 1.82) is 0 Å². The number of halogens is 1. The van der Waals surface area contributed by atoms with Crippen molar-refractivity contribution in [3.63, 3.8) is 0 Å². The average molecular weight is 407 g/mol. The Morgan fingerprint density at radius 3 is 2.88 bits per heavy atom. The van der Waals surface area contributed by atoms with E-state index in [-0.39, 0.29) is 11.8 Å². The number of carbonyl (C=O) groups is 1. The van der Waals surface area contributed by atoms with Gasteiger partial charge in [0.25, 0.3) is 0 Å². The van der Waals surface area contributed by atoms with E-state index in [1.54, 1.807) is 11.3 Å². The molecule has 24 heavy (non-hydrogen) atoms. The molecule has 1 amide bonds. The number of hydrogen-bond acceptors (Lipinski definition) is 4. The summed E-state index contributed by atoms with van der Waals surface area (Å²) in [4.78, 5) is 13.5. The molecule has 0 saturated heterocycles. The predicted molar refractivity (Wildman–Crippen MR) is 103 cm³/mol. The van der Waals surface area contributed by atoms with Gasteiger partial charge in [-0.3, -0.25) is 9.48 Å². The minimum Gasteiger partial charge on any atom is -0.330 e. The molecule has 3 rings (SSSR count). The summed E-state index contributed by atoms with van der Waals surface area (Å²) in [6.07, 6.45) is 0.364. The van der Waals surface area contributed by atoms with E-state index >= 15 is 0 Å². The van der Waals surface area contributed by atoms with Crippen molar-refractivity contribution < 1.29 is 4.79 Å². The first-order valence-electron chi connectivity index (χ1n) is 7.66. The fourth-order valence-corrected chi connectivity index (χ4v) is 4.23. The van der Waals surface area contributed by atoms with Crippen LogP contribution in [0.2, 0.25) is 0 Å². The summed E-state index contributed by atoms with van der Waals surface area (Å²) in [7, 11) is 1.92. The number of amides is 1. The number of thiophene rings is 1. The first kappa shape index (κ1) is 17.1. The number of aromatic nitrogens is 2. The quantitative estimate of drug-likeness (QED) is 0.676. The van der Waals surface area contributed by atoms with E-state index in [9.17, 15) is 4.79 Å². The third-order valence-corrected chi connectivity index (χ3v) is 5.91. The van der Waals surface area contributed by atoms with Crippen LogP contribution in [0, 0.1) is 6.92 Å². The van der Waals surface area contributed by atoms with E-state index in [1.807, 2.05) is 49.0 Å². The molecule has 7 heteroatoms. The largest absolute Gasteiger partial charge is 0.330 e. The molecule has 3 aromatic rings. The van der Waals surface area contributed by atoms with Crippen LogP contribution in [0.25, 0.3) is 10.9 Å². The Kier molecular flexibility index (Phi) is 5.03. The van der Waals surface area contributed by atoms with Gasteiger partial charge in [-0.2, -0.15) is 5.10 Å². The van der Waals surface area contributed by atoms with Crippen LogP contribution < -0.4 is 11.1 Å². The molecule has 0 aliphatic rings. The van der Waals surface area contributed by atoms with Crippen molar-refractivity contribution in [3.8, 4) is 0 Å². The maximum atomic E-state index is 12.4. The van der Waals surface area contributed by atoms with Crippen LogP contribution >= 0.6 is 27.3 Å². The lowest BCUT2D eigenvalue weighted by Crippen LogP contribution is -2.20. The fourth-order valence-electron chi connectivity index (χ4n) is 2.69. The van der Waals surface area contributed by atoms with E-state index in [0.717, 1.165) is 30.9 Å². The summed E-state index contributed by atoms with van der Waals surface area (Å²) in [6, 6.07) is 9.80. The summed E-state index contributed by atoms with van der Waals surface area (Å²) in [5.41, 5.74) is 8.59. The number of aryl methyl sites for hydroxylation is 2. The molecule has 2 heterocycles. The molecule has 0 saturated carbocycles. The van der Waals surface area contributed by atoms with Crippen LogP contribution in [0.3, 0.4) is 0 Å². The van der Waals surface area contributed by atoms with Gasteiger partial charge >= 0.3 is 0 Å². The molecule has 0 spiro atoms. The molecule has 0 radical (unpaired) electrons. The van der Waals surface area contributed by atoms with Crippen molar-refractivity contribution in [2.24, 2.45) is 12.8 Å². The highest BCUT2D eigenvalue weighted by atomic mass is 79.9. The van der Waals surface area contributed by atoms with Crippen molar-refractivity contribution in [2.45, 2.75) is 19.3 Å². The van der Waals surface area contributed by atoms with Crippen molar-refractivity contribution in [1.82, 2.24) is 9.78 Å². The Bertz CT molecular complexity index is 886. The molecule has 2 aromatic heterocycles. The Balaban J connectivity index is 1.72. The molecule has 0 fully saturated rings. The minimum absolute atomic E-state index is 0.0297. The number of nitrogens with one attached hydrogen (secondary N) is 1. The summed E-state index contributed by atoms with van der Waals surface area (Å²) < 4.78 is 2.89. The minimum atomic E-state index is -0.0398. The number of rotatable bonds is 5. The predicted octanol–water partition coefficient (Wildman–Crippen LogP) is 3.78. The monoisotopic (exact) mass is 406 g/mol. The molecule has 1 unspecified atom stereocenters. The normalized spacial score (nSPS) is 12.5. The van der Waals surface area contributed by atoms with Gasteiger partial charge in [0, 0.05) is 47.6 Å². The molecular formula is C17H19BrN4OS. The average Bonchev–Trinajstić information content (AvgIpc) is 3.09. The first-order chi connectivity index (χ1) is 11.5. The number of hydrogen-bond donors (Lipinski definition) is 2. The Hall–Kier alpha value is -1.70. The van der Waals surface area contributed by atoms with E-state index in [2.05, 4.69) is 26.3 Å². The zero-order valence-corrected chi connectivity index (χ0v) is 15.9. The second-order valence-corrected chi connectivity index (χ2v) is 8.26. The van der Waals surface area contributed by atoms with Gasteiger partial charge in [-0.05, 0) is 53.2 Å². The highest BCUT2D eigenvalue weighted by molar-refractivity contribution is 9.11. The smallest absolute Gasteiger partial charge is 0.225 e. The van der Waals surface area contributed by atoms with Crippen molar-refractivity contribution in [3.05, 3.63) is 44.7 Å². The van der Waals surface area contributed by atoms with Crippen LogP contribution in [0.4, 0.5) is 5.69 Å². The highest BCUT2D eigenvalue weighted by Crippen LogP contribution is 2.30. The number of benzene rings is 1. The molecule has 5 nitrogen and oxygen atoms in total. The van der Waals surface area contributed by atoms with Crippen LogP contribution in [-0.2, 0) is 11.8 Å². The Morgan fingerprint density at radius 2 is 2.21 bits per heavy atom. The van der Waals surface area contributed by atoms with Gasteiger partial charge in [0.15, 0.2) is 0 Å². The van der Waals surface area contributed by atoms with Gasteiger partial charge in [-0.15, -0.1) is 11.3 Å². The number of nitrogens with zero attached hydrogens (tertiary/aromatic N) is 2. The number of fused-ring (bicyclic) bond motifs is 1. The zero-order valence-electron chi connectivity index (χ0n) is 13.5. The summed E-state index contributed by atoms with van der Waals surface area (Å²) in [5, 5.41) is 8.50. The van der Waals surface area contributed by atoms with Crippen molar-refractivity contribution >= 4 is 49.8 Å². The van der Waals surface area contributed by atoms with Crippen LogP contribution in [-0.4, -0.2) is 22.2 Å². The molecule has 126 valence electrons. The lowest BCUT2D eigenvalue weighted by molar-refractivity contribution is -0.116. The second-order valence-electron chi connectivity index (χ2n) is 5.77. The van der Waals surface area contributed by atoms with Crippen LogP contribution in [0.1, 0.15) is 22.9 Å². The summed E-state index contributed by atoms with van der Waals surface area (Å²) in [5.74, 6) is -0.0101. The lowest BCUT2D eigenvalue weighted by Gasteiger charge is -2.13. The molecule has 1 atom stereocenters. The molecule has 3 N–H and O–H groups in total. The van der Waals surface area contributed by atoms with Gasteiger partial charge in [0.1, 0.15) is 0 Å². The highest BCUT2D eigenvalue weighted by Gasteiger charge is 2.17. The molecule has 0 aliphatic heterocycles.